The van der Waals surface area contributed by atoms with Gasteiger partial charge in [0.1, 0.15) is 0 Å². The molecular weight excluding hydrogens is 251 g/mol. The van der Waals surface area contributed by atoms with Crippen molar-refractivity contribution in [1.82, 2.24) is 0 Å². The van der Waals surface area contributed by atoms with Crippen LogP contribution in [-0.4, -0.2) is 17.2 Å². The maximum atomic E-state index is 10.1. The van der Waals surface area contributed by atoms with Crippen molar-refractivity contribution >= 4 is 5.97 Å². The summed E-state index contributed by atoms with van der Waals surface area (Å²) in [5.41, 5.74) is 0. The Kier molecular flexibility index (Phi) is 16.2. The zero-order valence-corrected chi connectivity index (χ0v) is 13.3. The first-order chi connectivity index (χ1) is 8.66. The number of aliphatic hydroxyl groups excluding tert-OH is 1. The minimum Gasteiger partial charge on any atom is -0.550 e. The largest absolute Gasteiger partial charge is 1.00 e. The van der Waals surface area contributed by atoms with Crippen LogP contribution in [0.3, 0.4) is 0 Å². The number of carboxylic acid groups (broad SMARTS) is 1. The normalized spacial score (nSPS) is 11.4. The maximum absolute atomic E-state index is 10.1. The van der Waals surface area contributed by atoms with Crippen LogP contribution in [0.25, 0.3) is 0 Å². The van der Waals surface area contributed by atoms with Crippen LogP contribution in [0.4, 0.5) is 0 Å². The van der Waals surface area contributed by atoms with Crippen molar-refractivity contribution in [3.8, 4) is 24.2 Å². The summed E-state index contributed by atoms with van der Waals surface area (Å²) in [6.07, 6.45) is 13.5. The standard InChI is InChI=1S/C15H18O3.Na/c1-2-11-14(16)12-9-7-5-3-4-6-8-10-13-15(17)18;/h1,5,7,9,12,14,16H,6,8,10-11,13H2,(H,17,18);/q;+1/p-1/b7-5+,12-9+;/t14-;/m1./s1. The first-order valence-corrected chi connectivity index (χ1v) is 5.80. The van der Waals surface area contributed by atoms with E-state index in [-0.39, 0.29) is 36.0 Å². The Morgan fingerprint density at radius 3 is 2.74 bits per heavy atom. The van der Waals surface area contributed by atoms with Gasteiger partial charge in [-0.25, -0.2) is 0 Å². The molecule has 0 aliphatic carbocycles. The summed E-state index contributed by atoms with van der Waals surface area (Å²) >= 11 is 0. The molecule has 0 bridgehead atoms. The molecule has 0 aromatic heterocycles. The average molecular weight is 268 g/mol. The number of carbonyl (C=O) groups is 1. The molecule has 0 spiro atoms. The molecule has 0 unspecified atom stereocenters. The summed E-state index contributed by atoms with van der Waals surface area (Å²) in [4.78, 5) is 10.1. The van der Waals surface area contributed by atoms with Gasteiger partial charge in [0, 0.05) is 18.8 Å². The number of carbonyl (C=O) groups excluding carboxylic acids is 1. The van der Waals surface area contributed by atoms with Crippen LogP contribution >= 0.6 is 0 Å². The predicted molar refractivity (Wildman–Crippen MR) is 69.0 cm³/mol. The third-order valence-corrected chi connectivity index (χ3v) is 1.99. The Morgan fingerprint density at radius 1 is 1.37 bits per heavy atom. The van der Waals surface area contributed by atoms with E-state index in [4.69, 9.17) is 6.42 Å². The van der Waals surface area contributed by atoms with Gasteiger partial charge in [0.2, 0.25) is 0 Å². The molecule has 0 fully saturated rings. The SMILES string of the molecule is C#CC[C@@H](O)/C=C/C=C/C#CCCCCC(=O)[O-].[Na+]. The van der Waals surface area contributed by atoms with Crippen LogP contribution < -0.4 is 34.7 Å². The molecule has 0 aliphatic heterocycles. The Balaban J connectivity index is 0. The minimum absolute atomic E-state index is 0. The van der Waals surface area contributed by atoms with Gasteiger partial charge in [-0.3, -0.25) is 0 Å². The molecule has 0 heterocycles. The molecule has 96 valence electrons. The van der Waals surface area contributed by atoms with Crippen molar-refractivity contribution in [2.24, 2.45) is 0 Å². The molecule has 0 aliphatic rings. The number of rotatable bonds is 7. The van der Waals surface area contributed by atoms with Crippen LogP contribution in [0.1, 0.15) is 32.1 Å². The van der Waals surface area contributed by atoms with E-state index < -0.39 is 12.1 Å². The van der Waals surface area contributed by atoms with Crippen molar-refractivity contribution < 1.29 is 44.6 Å². The van der Waals surface area contributed by atoms with Gasteiger partial charge in [0.05, 0.1) is 6.10 Å². The van der Waals surface area contributed by atoms with Crippen LogP contribution in [-0.2, 0) is 4.79 Å². The van der Waals surface area contributed by atoms with Gasteiger partial charge in [-0.2, -0.15) is 0 Å². The van der Waals surface area contributed by atoms with E-state index >= 15 is 0 Å². The van der Waals surface area contributed by atoms with Crippen LogP contribution in [0.15, 0.2) is 24.3 Å². The predicted octanol–water partition coefficient (Wildman–Crippen LogP) is -2.20. The molecule has 0 amide bonds. The van der Waals surface area contributed by atoms with Crippen molar-refractivity contribution in [3.63, 3.8) is 0 Å². The molecule has 4 heteroatoms. The Hall–Kier alpha value is -0.970. The molecule has 0 radical (unpaired) electrons. The second-order valence-corrected chi connectivity index (χ2v) is 3.62. The summed E-state index contributed by atoms with van der Waals surface area (Å²) in [5, 5.41) is 19.4. The van der Waals surface area contributed by atoms with Crippen molar-refractivity contribution in [2.45, 2.75) is 38.2 Å². The number of carboxylic acids is 1. The van der Waals surface area contributed by atoms with Gasteiger partial charge in [0.25, 0.3) is 0 Å². The number of aliphatic carboxylic acids is 1. The van der Waals surface area contributed by atoms with E-state index in [0.717, 1.165) is 6.42 Å². The summed E-state index contributed by atoms with van der Waals surface area (Å²) in [6, 6.07) is 0. The Bertz CT molecular complexity index is 394. The van der Waals surface area contributed by atoms with Crippen LogP contribution in [0.2, 0.25) is 0 Å². The monoisotopic (exact) mass is 268 g/mol. The number of aliphatic hydroxyl groups is 1. The fourth-order valence-electron chi connectivity index (χ4n) is 1.10. The van der Waals surface area contributed by atoms with Crippen LogP contribution in [0.5, 0.6) is 0 Å². The van der Waals surface area contributed by atoms with Crippen molar-refractivity contribution in [1.29, 1.82) is 0 Å². The van der Waals surface area contributed by atoms with E-state index in [1.165, 1.54) is 0 Å². The van der Waals surface area contributed by atoms with Gasteiger partial charge < -0.3 is 15.0 Å². The van der Waals surface area contributed by atoms with E-state index in [9.17, 15) is 15.0 Å². The molecule has 19 heavy (non-hydrogen) atoms. The second-order valence-electron chi connectivity index (χ2n) is 3.62. The van der Waals surface area contributed by atoms with E-state index in [1.54, 1.807) is 24.3 Å². The van der Waals surface area contributed by atoms with Crippen LogP contribution in [0, 0.1) is 24.2 Å². The van der Waals surface area contributed by atoms with E-state index in [1.807, 2.05) is 0 Å². The molecule has 1 atom stereocenters. The summed E-state index contributed by atoms with van der Waals surface area (Å²) in [5.74, 6) is 7.05. The minimum atomic E-state index is -1.02. The van der Waals surface area contributed by atoms with Gasteiger partial charge in [-0.1, -0.05) is 30.1 Å². The van der Waals surface area contributed by atoms with E-state index in [2.05, 4.69) is 17.8 Å². The molecule has 0 rings (SSSR count). The van der Waals surface area contributed by atoms with Crippen molar-refractivity contribution in [2.75, 3.05) is 0 Å². The third kappa shape index (κ3) is 17.0. The Labute approximate surface area is 137 Å². The molecule has 1 N–H and O–H groups in total. The fourth-order valence-corrected chi connectivity index (χ4v) is 1.10. The average Bonchev–Trinajstić information content (AvgIpc) is 2.31. The summed E-state index contributed by atoms with van der Waals surface area (Å²) in [6.45, 7) is 0. The van der Waals surface area contributed by atoms with Gasteiger partial charge in [-0.05, 0) is 25.3 Å². The quantitative estimate of drug-likeness (QED) is 0.247. The topological polar surface area (TPSA) is 60.4 Å². The fraction of sp³-hybridized carbons (Fsp3) is 0.400. The molecule has 0 saturated heterocycles. The summed E-state index contributed by atoms with van der Waals surface area (Å²) in [7, 11) is 0. The van der Waals surface area contributed by atoms with Gasteiger partial charge in [0.15, 0.2) is 0 Å². The number of unbranched alkanes of at least 4 members (excludes halogenated alkanes) is 2. The third-order valence-electron chi connectivity index (χ3n) is 1.99. The van der Waals surface area contributed by atoms with Crippen molar-refractivity contribution in [3.05, 3.63) is 24.3 Å². The first kappa shape index (κ1) is 20.3. The summed E-state index contributed by atoms with van der Waals surface area (Å²) < 4.78 is 0. The second kappa shape index (κ2) is 15.1. The first-order valence-electron chi connectivity index (χ1n) is 5.80. The zero-order valence-electron chi connectivity index (χ0n) is 11.3. The number of hydrogen-bond donors (Lipinski definition) is 1. The molecular formula is C15H17NaO3. The zero-order chi connectivity index (χ0) is 13.6. The Morgan fingerprint density at radius 2 is 2.11 bits per heavy atom. The maximum Gasteiger partial charge on any atom is 1.00 e. The number of allylic oxidation sites excluding steroid dienone is 3. The molecule has 0 aromatic rings. The van der Waals surface area contributed by atoms with Gasteiger partial charge in [-0.15, -0.1) is 12.3 Å². The molecule has 0 saturated carbocycles. The molecule has 0 aromatic carbocycles. The number of hydrogen-bond acceptors (Lipinski definition) is 3. The van der Waals surface area contributed by atoms with Gasteiger partial charge >= 0.3 is 29.6 Å². The molecule has 3 nitrogen and oxygen atoms in total. The smallest absolute Gasteiger partial charge is 0.550 e. The van der Waals surface area contributed by atoms with E-state index in [0.29, 0.717) is 19.3 Å². The number of terminal acetylenes is 1.